The lowest BCUT2D eigenvalue weighted by molar-refractivity contribution is -0.240. The lowest BCUT2D eigenvalue weighted by Crippen LogP contribution is -2.67. The fraction of sp³-hybridized carbons (Fsp3) is 0.840. The van der Waals surface area contributed by atoms with Crippen molar-refractivity contribution in [3.8, 4) is 0 Å². The van der Waals surface area contributed by atoms with Gasteiger partial charge in [-0.15, -0.1) is 0 Å². The number of carbonyl (C=O) groups excluding carboxylic acids is 4. The molecule has 4 saturated heterocycles. The average Bonchev–Trinajstić information content (AvgIpc) is 3.45. The zero-order valence-electron chi connectivity index (χ0n) is 22.1. The molecule has 4 N–H and O–H groups in total. The minimum absolute atomic E-state index is 0.770. The van der Waals surface area contributed by atoms with Crippen molar-refractivity contribution in [1.82, 2.24) is 5.32 Å². The molecule has 6 fully saturated rings. The summed E-state index contributed by atoms with van der Waals surface area (Å²) in [6.07, 6.45) is -10.9. The van der Waals surface area contributed by atoms with Crippen molar-refractivity contribution in [1.29, 1.82) is 0 Å². The first kappa shape index (κ1) is 25.8. The zero-order valence-corrected chi connectivity index (χ0v) is 22.1. The number of amides is 1. The highest BCUT2D eigenvalue weighted by Gasteiger charge is 3.06. The molecule has 4 aliphatic heterocycles. The van der Waals surface area contributed by atoms with Crippen molar-refractivity contribution in [2.45, 2.75) is 102 Å². The third-order valence-electron chi connectivity index (χ3n) is 9.63. The Hall–Kier alpha value is -2.48. The van der Waals surface area contributed by atoms with E-state index < -0.39 is 106 Å². The van der Waals surface area contributed by atoms with Gasteiger partial charge in [0.05, 0.1) is 17.4 Å². The Balaban J connectivity index is 1.68. The van der Waals surface area contributed by atoms with Gasteiger partial charge in [-0.3, -0.25) is 4.79 Å². The number of hydrogen-bond acceptors (Lipinski definition) is 12. The van der Waals surface area contributed by atoms with Crippen molar-refractivity contribution in [2.24, 2.45) is 28.1 Å². The third kappa shape index (κ3) is 2.29. The Morgan fingerprint density at radius 1 is 0.974 bits per heavy atom. The SMILES string of the molecule is C[C@@H]1C(=O)OC2[C@H](OC(=O)NC(C)(C)C)C34C5OC(=O)C3(OC3OC(=O)[C@H](O)C34[C@H](C(C)(C)C)[C@H]5O)[C@]21O. The minimum atomic E-state index is -2.49. The zero-order chi connectivity index (χ0) is 28.2. The van der Waals surface area contributed by atoms with E-state index in [-0.39, 0.29) is 0 Å². The van der Waals surface area contributed by atoms with Gasteiger partial charge < -0.3 is 44.3 Å². The standard InChI is InChI=1S/C25H33NO12/c1-8-15(29)34-14-13(36-19(32)26-21(5,6)7)23-12-9(27)10(20(2,3)4)22(23)11(28)16(30)37-18(22)38-25(23,17(31)35-12)24(8,14)33/h8-14,18,27-28,33H,1-7H3,(H,26,32)/t8-,9-,10+,11+,12?,13+,14?,18?,22?,23?,24-,25?/m1/s1. The Kier molecular flexibility index (Phi) is 4.61. The number of ether oxygens (including phenoxy) is 5. The van der Waals surface area contributed by atoms with Gasteiger partial charge in [0.1, 0.15) is 11.5 Å². The maximum absolute atomic E-state index is 13.9. The van der Waals surface area contributed by atoms with Crippen LogP contribution in [0.15, 0.2) is 0 Å². The number of alkyl carbamates (subject to hydrolysis) is 1. The third-order valence-corrected chi connectivity index (χ3v) is 9.63. The molecular formula is C25H33NO12. The second-order valence-corrected chi connectivity index (χ2v) is 13.5. The van der Waals surface area contributed by atoms with Crippen LogP contribution in [0, 0.1) is 28.1 Å². The molecule has 12 atom stereocenters. The van der Waals surface area contributed by atoms with E-state index in [1.165, 1.54) is 6.92 Å². The molecule has 210 valence electrons. The van der Waals surface area contributed by atoms with Gasteiger partial charge in [0.15, 0.2) is 23.9 Å². The molecule has 0 aromatic carbocycles. The van der Waals surface area contributed by atoms with Crippen LogP contribution in [0.2, 0.25) is 0 Å². The van der Waals surface area contributed by atoms with E-state index >= 15 is 0 Å². The van der Waals surface area contributed by atoms with Gasteiger partial charge >= 0.3 is 24.0 Å². The maximum Gasteiger partial charge on any atom is 0.407 e. The Bertz CT molecular complexity index is 1170. The first-order valence-corrected chi connectivity index (χ1v) is 12.7. The van der Waals surface area contributed by atoms with Crippen LogP contribution in [0.1, 0.15) is 48.5 Å². The van der Waals surface area contributed by atoms with Gasteiger partial charge in [0, 0.05) is 11.5 Å². The minimum Gasteiger partial charge on any atom is -0.456 e. The molecule has 13 heteroatoms. The Morgan fingerprint density at radius 3 is 2.18 bits per heavy atom. The van der Waals surface area contributed by atoms with E-state index in [0.717, 1.165) is 0 Å². The van der Waals surface area contributed by atoms with Crippen LogP contribution in [0.3, 0.4) is 0 Å². The van der Waals surface area contributed by atoms with E-state index in [9.17, 15) is 34.5 Å². The largest absolute Gasteiger partial charge is 0.456 e. The van der Waals surface area contributed by atoms with E-state index in [4.69, 9.17) is 23.7 Å². The smallest absolute Gasteiger partial charge is 0.407 e. The summed E-state index contributed by atoms with van der Waals surface area (Å²) in [5.74, 6) is -5.46. The fourth-order valence-electron chi connectivity index (χ4n) is 8.83. The molecule has 6 unspecified atom stereocenters. The number of rotatable bonds is 1. The monoisotopic (exact) mass is 539 g/mol. The number of fused-ring (bicyclic) bond motifs is 1. The molecule has 1 amide bonds. The molecular weight excluding hydrogens is 506 g/mol. The van der Waals surface area contributed by atoms with Crippen LogP contribution in [0.5, 0.6) is 0 Å². The van der Waals surface area contributed by atoms with Gasteiger partial charge in [-0.05, 0) is 33.1 Å². The number of carbonyl (C=O) groups is 4. The fourth-order valence-corrected chi connectivity index (χ4v) is 8.83. The van der Waals surface area contributed by atoms with E-state index in [1.807, 2.05) is 0 Å². The molecule has 0 bridgehead atoms. The second kappa shape index (κ2) is 6.80. The molecule has 38 heavy (non-hydrogen) atoms. The summed E-state index contributed by atoms with van der Waals surface area (Å²) >= 11 is 0. The van der Waals surface area contributed by atoms with Crippen LogP contribution < -0.4 is 5.32 Å². The van der Waals surface area contributed by atoms with E-state index in [2.05, 4.69) is 5.32 Å². The first-order chi connectivity index (χ1) is 17.3. The molecule has 2 spiro atoms. The van der Waals surface area contributed by atoms with Crippen LogP contribution in [-0.2, 0) is 38.1 Å². The maximum atomic E-state index is 13.9. The number of aliphatic hydroxyl groups excluding tert-OH is 2. The van der Waals surface area contributed by atoms with Gasteiger partial charge in [0.2, 0.25) is 11.9 Å². The van der Waals surface area contributed by atoms with Crippen molar-refractivity contribution >= 4 is 24.0 Å². The predicted molar refractivity (Wildman–Crippen MR) is 121 cm³/mol. The molecule has 2 saturated carbocycles. The molecule has 0 radical (unpaired) electrons. The van der Waals surface area contributed by atoms with Crippen molar-refractivity contribution < 1.29 is 58.2 Å². The number of aliphatic hydroxyl groups is 3. The lowest BCUT2D eigenvalue weighted by Gasteiger charge is -2.47. The Labute approximate surface area is 218 Å². The molecule has 4 heterocycles. The summed E-state index contributed by atoms with van der Waals surface area (Å²) in [5.41, 5.74) is -10.6. The highest BCUT2D eigenvalue weighted by Crippen LogP contribution is 2.84. The molecule has 6 rings (SSSR count). The van der Waals surface area contributed by atoms with Crippen molar-refractivity contribution in [2.75, 3.05) is 0 Å². The summed E-state index contributed by atoms with van der Waals surface area (Å²) in [7, 11) is 0. The quantitative estimate of drug-likeness (QED) is 0.239. The van der Waals surface area contributed by atoms with Crippen LogP contribution >= 0.6 is 0 Å². The number of nitrogens with one attached hydrogen (secondary N) is 1. The summed E-state index contributed by atoms with van der Waals surface area (Å²) in [6, 6.07) is 0. The molecule has 0 aromatic heterocycles. The summed E-state index contributed by atoms with van der Waals surface area (Å²) in [6.45, 7) is 11.7. The second-order valence-electron chi connectivity index (χ2n) is 13.5. The highest BCUT2D eigenvalue weighted by atomic mass is 16.8. The highest BCUT2D eigenvalue weighted by molar-refractivity contribution is 5.94. The van der Waals surface area contributed by atoms with Gasteiger partial charge in [0.25, 0.3) is 0 Å². The summed E-state index contributed by atoms with van der Waals surface area (Å²) in [5, 5.41) is 38.3. The topological polar surface area (TPSA) is 187 Å². The van der Waals surface area contributed by atoms with Gasteiger partial charge in [-0.25, -0.2) is 14.4 Å². The van der Waals surface area contributed by atoms with Crippen molar-refractivity contribution in [3.05, 3.63) is 0 Å². The van der Waals surface area contributed by atoms with Gasteiger partial charge in [-0.1, -0.05) is 20.8 Å². The predicted octanol–water partition coefficient (Wildman–Crippen LogP) is -0.866. The normalized spacial score (nSPS) is 52.1. The average molecular weight is 540 g/mol. The van der Waals surface area contributed by atoms with E-state index in [0.29, 0.717) is 0 Å². The van der Waals surface area contributed by atoms with Crippen LogP contribution in [0.25, 0.3) is 0 Å². The summed E-state index contributed by atoms with van der Waals surface area (Å²) < 4.78 is 28.9. The Morgan fingerprint density at radius 2 is 1.61 bits per heavy atom. The van der Waals surface area contributed by atoms with Crippen LogP contribution in [-0.4, -0.2) is 92.9 Å². The lowest BCUT2D eigenvalue weighted by atomic mass is 9.51. The molecule has 13 nitrogen and oxygen atoms in total. The summed E-state index contributed by atoms with van der Waals surface area (Å²) in [4.78, 5) is 52.8. The van der Waals surface area contributed by atoms with Gasteiger partial charge in [-0.2, -0.15) is 0 Å². The van der Waals surface area contributed by atoms with Crippen LogP contribution in [0.4, 0.5) is 4.79 Å². The molecule has 6 aliphatic rings. The molecule has 0 aromatic rings. The first-order valence-electron chi connectivity index (χ1n) is 12.7. The number of esters is 3. The van der Waals surface area contributed by atoms with E-state index in [1.54, 1.807) is 41.5 Å². The van der Waals surface area contributed by atoms with Crippen molar-refractivity contribution in [3.63, 3.8) is 0 Å². The number of hydrogen-bond donors (Lipinski definition) is 4. The molecule has 2 aliphatic carbocycles.